The first-order chi connectivity index (χ1) is 13.3. The van der Waals surface area contributed by atoms with E-state index in [1.54, 1.807) is 21.3 Å². The van der Waals surface area contributed by atoms with E-state index >= 15 is 0 Å². The van der Waals surface area contributed by atoms with Gasteiger partial charge in [0.2, 0.25) is 11.5 Å². The van der Waals surface area contributed by atoms with Gasteiger partial charge in [-0.25, -0.2) is 0 Å². The van der Waals surface area contributed by atoms with Crippen LogP contribution in [0.15, 0.2) is 36.4 Å². The molecule has 28 heavy (non-hydrogen) atoms. The Labute approximate surface area is 171 Å². The van der Waals surface area contributed by atoms with E-state index < -0.39 is 0 Å². The minimum Gasteiger partial charge on any atom is -1.00 e. The van der Waals surface area contributed by atoms with Gasteiger partial charge in [0.1, 0.15) is 26.3 Å². The molecule has 0 aliphatic carbocycles. The van der Waals surface area contributed by atoms with Crippen molar-refractivity contribution in [3.63, 3.8) is 0 Å². The first-order valence-corrected chi connectivity index (χ1v) is 8.88. The number of ether oxygens (including phenoxy) is 6. The number of hydrogen-bond acceptors (Lipinski definition) is 6. The van der Waals surface area contributed by atoms with Crippen molar-refractivity contribution in [2.75, 3.05) is 47.6 Å². The maximum absolute atomic E-state index is 6.00. The molecule has 0 spiro atoms. The second-order valence-electron chi connectivity index (χ2n) is 5.99. The summed E-state index contributed by atoms with van der Waals surface area (Å²) < 4.78 is 33.6. The van der Waals surface area contributed by atoms with Crippen LogP contribution in [0.2, 0.25) is 0 Å². The van der Waals surface area contributed by atoms with Crippen LogP contribution >= 0.6 is 0 Å². The lowest BCUT2D eigenvalue weighted by molar-refractivity contribution is -0.661. The van der Waals surface area contributed by atoms with Crippen LogP contribution in [0.25, 0.3) is 0 Å². The Bertz CT molecular complexity index is 735. The Morgan fingerprint density at radius 1 is 0.964 bits per heavy atom. The number of rotatable bonds is 9. The molecule has 1 aliphatic rings. The molecular weight excluding hydrogens is 386 g/mol. The Hall–Kier alpha value is -2.51. The predicted octanol–water partition coefficient (Wildman–Crippen LogP) is -1.50. The van der Waals surface area contributed by atoms with Crippen molar-refractivity contribution in [1.29, 1.82) is 0 Å². The van der Waals surface area contributed by atoms with Gasteiger partial charge in [0.05, 0.1) is 21.3 Å². The second kappa shape index (κ2) is 10.7. The molecule has 1 aliphatic heterocycles. The van der Waals surface area contributed by atoms with Gasteiger partial charge in [-0.15, -0.1) is 0 Å². The summed E-state index contributed by atoms with van der Waals surface area (Å²) in [5.41, 5.74) is 0. The first-order valence-electron chi connectivity index (χ1n) is 8.88. The van der Waals surface area contributed by atoms with Gasteiger partial charge < -0.3 is 46.1 Å². The lowest BCUT2D eigenvalue weighted by Gasteiger charge is -2.26. The number of fused-ring (bicyclic) bond motifs is 1. The minimum absolute atomic E-state index is 0. The van der Waals surface area contributed by atoms with Crippen LogP contribution in [0.1, 0.15) is 0 Å². The molecule has 0 bridgehead atoms. The van der Waals surface area contributed by atoms with Crippen LogP contribution < -0.4 is 46.1 Å². The number of quaternary nitrogens is 1. The molecule has 0 fully saturated rings. The second-order valence-corrected chi connectivity index (χ2v) is 5.99. The van der Waals surface area contributed by atoms with Crippen LogP contribution in [0, 0.1) is 0 Å². The van der Waals surface area contributed by atoms with E-state index in [1.165, 1.54) is 0 Å². The highest BCUT2D eigenvalue weighted by atomic mass is 35.5. The Kier molecular flexibility index (Phi) is 8.35. The molecule has 3 rings (SSSR count). The van der Waals surface area contributed by atoms with Gasteiger partial charge in [-0.2, -0.15) is 0 Å². The third kappa shape index (κ3) is 5.05. The quantitative estimate of drug-likeness (QED) is 0.506. The smallest absolute Gasteiger partial charge is 0.203 e. The molecule has 0 amide bonds. The highest BCUT2D eigenvalue weighted by Gasteiger charge is 2.24. The zero-order chi connectivity index (χ0) is 19.1. The maximum Gasteiger partial charge on any atom is 0.203 e. The van der Waals surface area contributed by atoms with Crippen LogP contribution in [0.5, 0.6) is 34.5 Å². The van der Waals surface area contributed by atoms with E-state index in [-0.39, 0.29) is 18.5 Å². The Morgan fingerprint density at radius 2 is 1.61 bits per heavy atom. The van der Waals surface area contributed by atoms with Gasteiger partial charge in [0, 0.05) is 0 Å². The molecule has 1 atom stereocenters. The topological polar surface area (TPSA) is 72.0 Å². The van der Waals surface area contributed by atoms with Crippen molar-refractivity contribution >= 4 is 0 Å². The molecule has 2 aromatic carbocycles. The zero-order valence-corrected chi connectivity index (χ0v) is 17.0. The number of halogens is 1. The van der Waals surface area contributed by atoms with Crippen LogP contribution in [-0.4, -0.2) is 53.7 Å². The number of hydrogen-bond donors (Lipinski definition) is 1. The van der Waals surface area contributed by atoms with E-state index in [1.807, 2.05) is 36.4 Å². The van der Waals surface area contributed by atoms with Crippen molar-refractivity contribution in [3.8, 4) is 34.5 Å². The predicted molar refractivity (Wildman–Crippen MR) is 99.6 cm³/mol. The number of methoxy groups -OCH3 is 3. The molecule has 154 valence electrons. The SMILES string of the molecule is COc1cccc(OC)c1OCC[NH2+]C[C@H]1COc2c(OC)cccc2O1.[Cl-]. The summed E-state index contributed by atoms with van der Waals surface area (Å²) in [5.74, 6) is 4.01. The fourth-order valence-electron chi connectivity index (χ4n) is 2.91. The summed E-state index contributed by atoms with van der Waals surface area (Å²) >= 11 is 0. The third-order valence-electron chi connectivity index (χ3n) is 4.25. The fraction of sp³-hybridized carbons (Fsp3) is 0.400. The lowest BCUT2D eigenvalue weighted by atomic mass is 10.2. The Balaban J connectivity index is 0.00000280. The van der Waals surface area contributed by atoms with E-state index in [2.05, 4.69) is 5.32 Å². The molecule has 2 aromatic rings. The summed E-state index contributed by atoms with van der Waals surface area (Å²) in [6.07, 6.45) is -0.0228. The zero-order valence-electron chi connectivity index (χ0n) is 16.3. The Morgan fingerprint density at radius 3 is 2.29 bits per heavy atom. The standard InChI is InChI=1S/C20H25NO6.ClH/c1-22-15-6-4-7-16(23-2)19(15)25-11-10-21-12-14-13-26-20-17(24-3)8-5-9-18(20)27-14;/h4-9,14,21H,10-13H2,1-3H3;1H/t14-;/m0./s1. The highest BCUT2D eigenvalue weighted by molar-refractivity contribution is 5.52. The van der Waals surface area contributed by atoms with Crippen LogP contribution in [0.3, 0.4) is 0 Å². The average Bonchev–Trinajstić information content (AvgIpc) is 2.72. The monoisotopic (exact) mass is 411 g/mol. The van der Waals surface area contributed by atoms with Crippen molar-refractivity contribution in [2.24, 2.45) is 0 Å². The summed E-state index contributed by atoms with van der Waals surface area (Å²) in [6, 6.07) is 11.2. The fourth-order valence-corrected chi connectivity index (χ4v) is 2.91. The molecule has 7 nitrogen and oxygen atoms in total. The van der Waals surface area contributed by atoms with Gasteiger partial charge in [0.15, 0.2) is 29.1 Å². The molecule has 8 heteroatoms. The number of para-hydroxylation sites is 2. The largest absolute Gasteiger partial charge is 1.00 e. The van der Waals surface area contributed by atoms with E-state index in [0.717, 1.165) is 13.1 Å². The molecule has 0 saturated carbocycles. The summed E-state index contributed by atoms with van der Waals surface area (Å²) in [5, 5.41) is 2.14. The van der Waals surface area contributed by atoms with Crippen molar-refractivity contribution in [1.82, 2.24) is 0 Å². The number of nitrogens with two attached hydrogens (primary N) is 1. The van der Waals surface area contributed by atoms with Gasteiger partial charge >= 0.3 is 0 Å². The van der Waals surface area contributed by atoms with Crippen molar-refractivity contribution < 1.29 is 46.1 Å². The maximum atomic E-state index is 6.00. The minimum atomic E-state index is -0.0228. The van der Waals surface area contributed by atoms with E-state index in [0.29, 0.717) is 47.7 Å². The van der Waals surface area contributed by atoms with Gasteiger partial charge in [0.25, 0.3) is 0 Å². The molecule has 0 radical (unpaired) electrons. The van der Waals surface area contributed by atoms with Crippen molar-refractivity contribution in [2.45, 2.75) is 6.10 Å². The first kappa shape index (κ1) is 21.8. The average molecular weight is 412 g/mol. The van der Waals surface area contributed by atoms with Crippen LogP contribution in [0.4, 0.5) is 0 Å². The summed E-state index contributed by atoms with van der Waals surface area (Å²) in [6.45, 7) is 2.55. The number of benzene rings is 2. The van der Waals surface area contributed by atoms with E-state index in [4.69, 9.17) is 28.4 Å². The van der Waals surface area contributed by atoms with Gasteiger partial charge in [-0.3, -0.25) is 0 Å². The van der Waals surface area contributed by atoms with Gasteiger partial charge in [-0.1, -0.05) is 12.1 Å². The summed E-state index contributed by atoms with van der Waals surface area (Å²) in [7, 11) is 4.84. The third-order valence-corrected chi connectivity index (χ3v) is 4.25. The molecule has 0 saturated heterocycles. The molecule has 1 heterocycles. The normalized spacial score (nSPS) is 14.6. The lowest BCUT2D eigenvalue weighted by Crippen LogP contribution is -3.00. The van der Waals surface area contributed by atoms with E-state index in [9.17, 15) is 0 Å². The highest BCUT2D eigenvalue weighted by Crippen LogP contribution is 2.39. The molecular formula is C20H26ClNO6. The summed E-state index contributed by atoms with van der Waals surface area (Å²) in [4.78, 5) is 0. The molecule has 0 unspecified atom stereocenters. The van der Waals surface area contributed by atoms with Gasteiger partial charge in [-0.05, 0) is 24.3 Å². The molecule has 2 N–H and O–H groups in total. The van der Waals surface area contributed by atoms with Crippen molar-refractivity contribution in [3.05, 3.63) is 36.4 Å². The molecule has 0 aromatic heterocycles. The van der Waals surface area contributed by atoms with Crippen LogP contribution in [-0.2, 0) is 0 Å².